The fourth-order valence-corrected chi connectivity index (χ4v) is 5.28. The Morgan fingerprint density at radius 3 is 2.47 bits per heavy atom. The van der Waals surface area contributed by atoms with Gasteiger partial charge in [-0.3, -0.25) is 9.47 Å². The van der Waals surface area contributed by atoms with Crippen LogP contribution in [0.25, 0.3) is 0 Å². The zero-order chi connectivity index (χ0) is 22.7. The first kappa shape index (κ1) is 23.0. The Hall–Kier alpha value is -2.13. The van der Waals surface area contributed by atoms with Gasteiger partial charge in [0.25, 0.3) is 0 Å². The normalized spacial score (nSPS) is 18.9. The van der Waals surface area contributed by atoms with Crippen LogP contribution in [0, 0.1) is 12.8 Å². The highest BCUT2D eigenvalue weighted by Crippen LogP contribution is 2.25. The highest BCUT2D eigenvalue weighted by molar-refractivity contribution is 7.09. The second kappa shape index (κ2) is 9.79. The summed E-state index contributed by atoms with van der Waals surface area (Å²) in [7, 11) is 0. The average molecular weight is 460 g/mol. The topological polar surface area (TPSA) is 69.5 Å². The molecule has 1 N–H and O–H groups in total. The molecule has 2 aromatic heterocycles. The van der Waals surface area contributed by atoms with Crippen molar-refractivity contribution in [2.24, 2.45) is 5.92 Å². The number of nitrogens with zero attached hydrogens (tertiary/aromatic N) is 6. The van der Waals surface area contributed by atoms with E-state index in [1.165, 1.54) is 17.7 Å². The third-order valence-electron chi connectivity index (χ3n) is 6.36. The van der Waals surface area contributed by atoms with Gasteiger partial charge >= 0.3 is 6.03 Å². The van der Waals surface area contributed by atoms with Crippen LogP contribution in [0.4, 0.5) is 10.7 Å². The molecule has 4 rings (SSSR count). The van der Waals surface area contributed by atoms with Gasteiger partial charge in [0.1, 0.15) is 5.82 Å². The van der Waals surface area contributed by atoms with Crippen molar-refractivity contribution in [1.29, 1.82) is 0 Å². The lowest BCUT2D eigenvalue weighted by molar-refractivity contribution is 0.167. The molecule has 2 amide bonds. The number of aromatic nitrogens is 3. The molecule has 2 aliphatic heterocycles. The Morgan fingerprint density at radius 1 is 1.12 bits per heavy atom. The lowest BCUT2D eigenvalue weighted by Gasteiger charge is -2.37. The third-order valence-corrected chi connectivity index (χ3v) is 7.22. The van der Waals surface area contributed by atoms with Gasteiger partial charge in [0.05, 0.1) is 0 Å². The predicted molar refractivity (Wildman–Crippen MR) is 129 cm³/mol. The largest absolute Gasteiger partial charge is 0.337 e. The molecule has 2 fully saturated rings. The number of anilines is 1. The number of aryl methyl sites for hydroxylation is 1. The maximum atomic E-state index is 12.5. The summed E-state index contributed by atoms with van der Waals surface area (Å²) in [6, 6.07) is 4.39. The molecule has 0 bridgehead atoms. The van der Waals surface area contributed by atoms with Crippen LogP contribution in [0.2, 0.25) is 0 Å². The molecule has 0 atom stereocenters. The molecular weight excluding hydrogens is 422 g/mol. The zero-order valence-electron chi connectivity index (χ0n) is 19.9. The van der Waals surface area contributed by atoms with E-state index in [-0.39, 0.29) is 11.6 Å². The molecule has 8 nitrogen and oxygen atoms in total. The second-order valence-corrected chi connectivity index (χ2v) is 11.1. The molecule has 2 aliphatic rings. The molecular formula is C23H37N7OS. The average Bonchev–Trinajstić information content (AvgIpc) is 3.39. The van der Waals surface area contributed by atoms with Crippen LogP contribution in [0.15, 0.2) is 17.5 Å². The minimum Gasteiger partial charge on any atom is -0.337 e. The first-order valence-corrected chi connectivity index (χ1v) is 12.6. The van der Waals surface area contributed by atoms with E-state index in [0.717, 1.165) is 51.0 Å². The van der Waals surface area contributed by atoms with Crippen molar-refractivity contribution in [3.63, 3.8) is 0 Å². The summed E-state index contributed by atoms with van der Waals surface area (Å²) in [5.74, 6) is 2.59. The molecule has 0 spiro atoms. The number of urea groups is 1. The van der Waals surface area contributed by atoms with E-state index < -0.39 is 0 Å². The van der Waals surface area contributed by atoms with Crippen molar-refractivity contribution in [1.82, 2.24) is 29.9 Å². The van der Waals surface area contributed by atoms with E-state index in [0.29, 0.717) is 19.0 Å². The number of carbonyl (C=O) groups excluding carboxylic acids is 1. The van der Waals surface area contributed by atoms with Crippen molar-refractivity contribution < 1.29 is 4.79 Å². The van der Waals surface area contributed by atoms with Crippen LogP contribution in [-0.4, -0.2) is 75.4 Å². The molecule has 0 aliphatic carbocycles. The standard InChI is InChI=1S/C23H37N7OS/c1-18-25-26-21(28-11-13-29(14-12-28)22(31)24-23(2,3)4)30(18)16-19-7-9-27(10-8-19)17-20-6-5-15-32-20/h5-6,15,19H,7-14,16-17H2,1-4H3,(H,24,31). The van der Waals surface area contributed by atoms with Gasteiger partial charge in [-0.2, -0.15) is 0 Å². The Kier molecular flexibility index (Phi) is 7.05. The minimum atomic E-state index is -0.217. The van der Waals surface area contributed by atoms with E-state index in [4.69, 9.17) is 0 Å². The number of likely N-dealkylation sites (tertiary alicyclic amines) is 1. The summed E-state index contributed by atoms with van der Waals surface area (Å²) >= 11 is 1.85. The highest BCUT2D eigenvalue weighted by atomic mass is 32.1. The quantitative estimate of drug-likeness (QED) is 0.744. The number of amides is 2. The maximum Gasteiger partial charge on any atom is 0.317 e. The molecule has 0 aromatic carbocycles. The van der Waals surface area contributed by atoms with Crippen LogP contribution >= 0.6 is 11.3 Å². The van der Waals surface area contributed by atoms with Crippen LogP contribution in [0.1, 0.15) is 44.3 Å². The van der Waals surface area contributed by atoms with Gasteiger partial charge in [-0.1, -0.05) is 6.07 Å². The van der Waals surface area contributed by atoms with Crippen molar-refractivity contribution in [2.75, 3.05) is 44.2 Å². The van der Waals surface area contributed by atoms with E-state index >= 15 is 0 Å². The molecule has 2 aromatic rings. The van der Waals surface area contributed by atoms with Crippen molar-refractivity contribution in [2.45, 2.75) is 59.2 Å². The fourth-order valence-electron chi connectivity index (χ4n) is 4.54. The molecule has 32 heavy (non-hydrogen) atoms. The number of carbonyl (C=O) groups is 1. The van der Waals surface area contributed by atoms with Gasteiger partial charge < -0.3 is 15.1 Å². The Morgan fingerprint density at radius 2 is 1.84 bits per heavy atom. The number of nitrogens with one attached hydrogen (secondary N) is 1. The minimum absolute atomic E-state index is 0.0177. The third kappa shape index (κ3) is 5.81. The lowest BCUT2D eigenvalue weighted by Crippen LogP contribution is -2.55. The first-order chi connectivity index (χ1) is 15.3. The highest BCUT2D eigenvalue weighted by Gasteiger charge is 2.28. The van der Waals surface area contributed by atoms with E-state index in [1.54, 1.807) is 0 Å². The summed E-state index contributed by atoms with van der Waals surface area (Å²) in [6.45, 7) is 15.4. The Labute approximate surface area is 195 Å². The molecule has 2 saturated heterocycles. The van der Waals surface area contributed by atoms with Crippen molar-refractivity contribution >= 4 is 23.3 Å². The van der Waals surface area contributed by atoms with Crippen molar-refractivity contribution in [3.8, 4) is 0 Å². The van der Waals surface area contributed by atoms with Gasteiger partial charge in [0, 0.05) is 49.7 Å². The first-order valence-electron chi connectivity index (χ1n) is 11.7. The van der Waals surface area contributed by atoms with Gasteiger partial charge in [0.15, 0.2) is 0 Å². The molecule has 0 radical (unpaired) electrons. The van der Waals surface area contributed by atoms with Gasteiger partial charge in [-0.05, 0) is 71.0 Å². The molecule has 9 heteroatoms. The lowest BCUT2D eigenvalue weighted by atomic mass is 9.96. The Bertz CT molecular complexity index is 873. The SMILES string of the molecule is Cc1nnc(N2CCN(C(=O)NC(C)(C)C)CC2)n1CC1CCN(Cc2cccs2)CC1. The van der Waals surface area contributed by atoms with Crippen LogP contribution in [0.5, 0.6) is 0 Å². The maximum absolute atomic E-state index is 12.5. The summed E-state index contributed by atoms with van der Waals surface area (Å²) in [5, 5.41) is 14.1. The summed E-state index contributed by atoms with van der Waals surface area (Å²) < 4.78 is 2.30. The molecule has 0 saturated carbocycles. The number of thiophene rings is 1. The van der Waals surface area contributed by atoms with Gasteiger partial charge in [0.2, 0.25) is 5.95 Å². The number of rotatable bonds is 5. The Balaban J connectivity index is 1.30. The van der Waals surface area contributed by atoms with E-state index in [1.807, 2.05) is 37.0 Å². The van der Waals surface area contributed by atoms with Crippen LogP contribution in [-0.2, 0) is 13.1 Å². The predicted octanol–water partition coefficient (Wildman–Crippen LogP) is 3.19. The van der Waals surface area contributed by atoms with E-state index in [9.17, 15) is 4.79 Å². The number of hydrogen-bond acceptors (Lipinski definition) is 6. The summed E-state index contributed by atoms with van der Waals surface area (Å²) in [4.78, 5) is 20.7. The summed E-state index contributed by atoms with van der Waals surface area (Å²) in [5.41, 5.74) is -0.217. The monoisotopic (exact) mass is 459 g/mol. The van der Waals surface area contributed by atoms with Gasteiger partial charge in [-0.15, -0.1) is 21.5 Å². The summed E-state index contributed by atoms with van der Waals surface area (Å²) in [6.07, 6.45) is 2.42. The van der Waals surface area contributed by atoms with Gasteiger partial charge in [-0.25, -0.2) is 4.79 Å². The second-order valence-electron chi connectivity index (χ2n) is 10.1. The number of piperazine rings is 1. The zero-order valence-corrected chi connectivity index (χ0v) is 20.7. The number of hydrogen-bond donors (Lipinski definition) is 1. The smallest absolute Gasteiger partial charge is 0.317 e. The molecule has 4 heterocycles. The van der Waals surface area contributed by atoms with Crippen LogP contribution < -0.4 is 10.2 Å². The van der Waals surface area contributed by atoms with E-state index in [2.05, 4.69) is 54.3 Å². The molecule has 0 unspecified atom stereocenters. The molecule has 176 valence electrons. The fraction of sp³-hybridized carbons (Fsp3) is 0.696. The number of piperidine rings is 1. The van der Waals surface area contributed by atoms with Crippen LogP contribution in [0.3, 0.4) is 0 Å². The van der Waals surface area contributed by atoms with Crippen molar-refractivity contribution in [3.05, 3.63) is 28.2 Å².